The molecule has 0 bridgehead atoms. The first-order chi connectivity index (χ1) is 8.13. The number of benzene rings is 1. The summed E-state index contributed by atoms with van der Waals surface area (Å²) in [4.78, 5) is 0. The van der Waals surface area contributed by atoms with E-state index >= 15 is 0 Å². The van der Waals surface area contributed by atoms with Crippen molar-refractivity contribution in [1.82, 2.24) is 0 Å². The van der Waals surface area contributed by atoms with E-state index in [-0.39, 0.29) is 5.54 Å². The fourth-order valence-corrected chi connectivity index (χ4v) is 2.78. The van der Waals surface area contributed by atoms with Gasteiger partial charge in [0.05, 0.1) is 0 Å². The van der Waals surface area contributed by atoms with Crippen molar-refractivity contribution in [1.29, 1.82) is 0 Å². The molecule has 1 unspecified atom stereocenters. The Morgan fingerprint density at radius 3 is 2.59 bits per heavy atom. The average molecular weight is 231 g/mol. The van der Waals surface area contributed by atoms with E-state index < -0.39 is 0 Å². The van der Waals surface area contributed by atoms with Gasteiger partial charge in [-0.15, -0.1) is 0 Å². The highest BCUT2D eigenvalue weighted by atomic mass is 14.7. The number of fused-ring (bicyclic) bond motifs is 1. The van der Waals surface area contributed by atoms with E-state index in [0.29, 0.717) is 0 Å². The molecule has 0 saturated heterocycles. The molecule has 1 aliphatic rings. The lowest BCUT2D eigenvalue weighted by Gasteiger charge is -2.27. The maximum atomic E-state index is 6.46. The zero-order valence-electron chi connectivity index (χ0n) is 11.3. The maximum Gasteiger partial charge on any atom is 0.0381 e. The van der Waals surface area contributed by atoms with Crippen molar-refractivity contribution in [3.05, 3.63) is 34.9 Å². The minimum atomic E-state index is -0.150. The van der Waals surface area contributed by atoms with Crippen LogP contribution in [0.1, 0.15) is 62.6 Å². The summed E-state index contributed by atoms with van der Waals surface area (Å²) < 4.78 is 0. The van der Waals surface area contributed by atoms with Gasteiger partial charge in [0, 0.05) is 5.54 Å². The van der Waals surface area contributed by atoms with Crippen LogP contribution >= 0.6 is 0 Å². The van der Waals surface area contributed by atoms with E-state index in [4.69, 9.17) is 5.73 Å². The minimum absolute atomic E-state index is 0.150. The molecular formula is C16H25N. The Morgan fingerprint density at radius 1 is 1.18 bits per heavy atom. The molecule has 0 aromatic heterocycles. The van der Waals surface area contributed by atoms with E-state index in [1.54, 1.807) is 11.1 Å². The molecule has 0 heterocycles. The first kappa shape index (κ1) is 12.6. The van der Waals surface area contributed by atoms with Crippen molar-refractivity contribution in [3.63, 3.8) is 0 Å². The fraction of sp³-hybridized carbons (Fsp3) is 0.625. The summed E-state index contributed by atoms with van der Waals surface area (Å²) in [7, 11) is 0. The lowest BCUT2D eigenvalue weighted by molar-refractivity contribution is 0.432. The fourth-order valence-electron chi connectivity index (χ4n) is 2.78. The predicted molar refractivity (Wildman–Crippen MR) is 74.1 cm³/mol. The Balaban J connectivity index is 2.20. The average Bonchev–Trinajstić information content (AvgIpc) is 2.36. The Labute approximate surface area is 105 Å². The second kappa shape index (κ2) is 5.22. The van der Waals surface area contributed by atoms with Gasteiger partial charge in [-0.2, -0.15) is 0 Å². The molecule has 1 atom stereocenters. The van der Waals surface area contributed by atoms with E-state index in [1.807, 2.05) is 0 Å². The molecule has 94 valence electrons. The van der Waals surface area contributed by atoms with Crippen LogP contribution < -0.4 is 5.73 Å². The lowest BCUT2D eigenvalue weighted by Crippen LogP contribution is -2.33. The normalized spacial score (nSPS) is 18.5. The molecule has 0 fully saturated rings. The van der Waals surface area contributed by atoms with E-state index in [2.05, 4.69) is 32.0 Å². The molecule has 0 saturated carbocycles. The number of nitrogens with two attached hydrogens (primary N) is 1. The van der Waals surface area contributed by atoms with Crippen LogP contribution in [0.5, 0.6) is 0 Å². The molecule has 0 spiro atoms. The number of hydrogen-bond acceptors (Lipinski definition) is 1. The summed E-state index contributed by atoms with van der Waals surface area (Å²) in [6, 6.07) is 6.92. The van der Waals surface area contributed by atoms with Crippen molar-refractivity contribution in [2.24, 2.45) is 5.73 Å². The topological polar surface area (TPSA) is 26.0 Å². The molecule has 1 nitrogen and oxygen atoms in total. The summed E-state index contributed by atoms with van der Waals surface area (Å²) in [5.41, 5.74) is 10.7. The van der Waals surface area contributed by atoms with Crippen molar-refractivity contribution in [2.45, 2.75) is 64.3 Å². The second-order valence-electron chi connectivity index (χ2n) is 5.71. The largest absolute Gasteiger partial charge is 0.322 e. The molecule has 2 rings (SSSR count). The summed E-state index contributed by atoms with van der Waals surface area (Å²) >= 11 is 0. The zero-order valence-corrected chi connectivity index (χ0v) is 11.3. The van der Waals surface area contributed by atoms with E-state index in [9.17, 15) is 0 Å². The van der Waals surface area contributed by atoms with E-state index in [0.717, 1.165) is 6.42 Å². The van der Waals surface area contributed by atoms with Crippen molar-refractivity contribution >= 4 is 0 Å². The molecule has 0 amide bonds. The lowest BCUT2D eigenvalue weighted by atomic mass is 9.83. The highest BCUT2D eigenvalue weighted by molar-refractivity contribution is 5.36. The van der Waals surface area contributed by atoms with Gasteiger partial charge in [-0.25, -0.2) is 0 Å². The van der Waals surface area contributed by atoms with Gasteiger partial charge in [0.25, 0.3) is 0 Å². The van der Waals surface area contributed by atoms with Crippen LogP contribution in [0.25, 0.3) is 0 Å². The Morgan fingerprint density at radius 2 is 1.88 bits per heavy atom. The Hall–Kier alpha value is -0.820. The predicted octanol–water partition coefficient (Wildman–Crippen LogP) is 3.93. The van der Waals surface area contributed by atoms with Gasteiger partial charge in [0.2, 0.25) is 0 Å². The van der Waals surface area contributed by atoms with Crippen LogP contribution in [0.3, 0.4) is 0 Å². The molecule has 1 aromatic rings. The maximum absolute atomic E-state index is 6.46. The Kier molecular flexibility index (Phi) is 3.88. The van der Waals surface area contributed by atoms with Gasteiger partial charge in [0.1, 0.15) is 0 Å². The van der Waals surface area contributed by atoms with Crippen LogP contribution in [0.15, 0.2) is 18.2 Å². The number of rotatable bonds is 4. The summed E-state index contributed by atoms with van der Waals surface area (Å²) in [5, 5.41) is 0. The molecule has 17 heavy (non-hydrogen) atoms. The van der Waals surface area contributed by atoms with Crippen LogP contribution in [0.4, 0.5) is 0 Å². The number of unbranched alkanes of at least 4 members (excludes halogenated alkanes) is 1. The van der Waals surface area contributed by atoms with Crippen molar-refractivity contribution in [3.8, 4) is 0 Å². The molecule has 0 aliphatic heterocycles. The SMILES string of the molecule is CCCCC(C)(N)c1ccc2c(c1)CCCC2. The third kappa shape index (κ3) is 2.90. The summed E-state index contributed by atoms with van der Waals surface area (Å²) in [5.74, 6) is 0. The second-order valence-corrected chi connectivity index (χ2v) is 5.71. The Bertz CT molecular complexity index is 379. The zero-order chi connectivity index (χ0) is 12.3. The molecule has 2 N–H and O–H groups in total. The van der Waals surface area contributed by atoms with Crippen molar-refractivity contribution < 1.29 is 0 Å². The standard InChI is InChI=1S/C16H25N/c1-3-4-11-16(2,17)15-10-9-13-7-5-6-8-14(13)12-15/h9-10,12H,3-8,11,17H2,1-2H3. The van der Waals surface area contributed by atoms with Crippen molar-refractivity contribution in [2.75, 3.05) is 0 Å². The summed E-state index contributed by atoms with van der Waals surface area (Å²) in [6.07, 6.45) is 8.71. The van der Waals surface area contributed by atoms with Gasteiger partial charge in [0.15, 0.2) is 0 Å². The third-order valence-electron chi connectivity index (χ3n) is 4.06. The van der Waals surface area contributed by atoms with Gasteiger partial charge in [-0.05, 0) is 55.7 Å². The molecule has 1 aromatic carbocycles. The first-order valence-electron chi connectivity index (χ1n) is 7.04. The van der Waals surface area contributed by atoms with Gasteiger partial charge >= 0.3 is 0 Å². The monoisotopic (exact) mass is 231 g/mol. The number of hydrogen-bond donors (Lipinski definition) is 1. The molecule has 1 aliphatic carbocycles. The summed E-state index contributed by atoms with van der Waals surface area (Å²) in [6.45, 7) is 4.40. The van der Waals surface area contributed by atoms with Gasteiger partial charge < -0.3 is 5.73 Å². The van der Waals surface area contributed by atoms with Crippen LogP contribution in [0, 0.1) is 0 Å². The molecular weight excluding hydrogens is 206 g/mol. The third-order valence-corrected chi connectivity index (χ3v) is 4.06. The highest BCUT2D eigenvalue weighted by Gasteiger charge is 2.21. The minimum Gasteiger partial charge on any atom is -0.322 e. The van der Waals surface area contributed by atoms with Gasteiger partial charge in [-0.1, -0.05) is 38.0 Å². The van der Waals surface area contributed by atoms with Gasteiger partial charge in [-0.3, -0.25) is 0 Å². The van der Waals surface area contributed by atoms with Crippen LogP contribution in [-0.4, -0.2) is 0 Å². The quantitative estimate of drug-likeness (QED) is 0.835. The number of aryl methyl sites for hydroxylation is 2. The molecule has 1 heteroatoms. The first-order valence-corrected chi connectivity index (χ1v) is 7.04. The van der Waals surface area contributed by atoms with E-state index in [1.165, 1.54) is 44.1 Å². The van der Waals surface area contributed by atoms with Crippen LogP contribution in [-0.2, 0) is 18.4 Å². The highest BCUT2D eigenvalue weighted by Crippen LogP contribution is 2.29. The molecule has 0 radical (unpaired) electrons. The smallest absolute Gasteiger partial charge is 0.0381 e. The van der Waals surface area contributed by atoms with Crippen LogP contribution in [0.2, 0.25) is 0 Å².